The van der Waals surface area contributed by atoms with Gasteiger partial charge in [-0.2, -0.15) is 0 Å². The molecule has 2 N–H and O–H groups in total. The van der Waals surface area contributed by atoms with E-state index in [1.807, 2.05) is 0 Å². The van der Waals surface area contributed by atoms with Crippen LogP contribution in [0.2, 0.25) is 0 Å². The third-order valence-electron chi connectivity index (χ3n) is 4.57. The highest BCUT2D eigenvalue weighted by Gasteiger charge is 2.47. The van der Waals surface area contributed by atoms with Gasteiger partial charge in [0.05, 0.1) is 0 Å². The number of nitrogens with one attached hydrogen (secondary N) is 2. The first-order valence-electron chi connectivity index (χ1n) is 7.73. The van der Waals surface area contributed by atoms with E-state index in [-0.39, 0.29) is 0 Å². The van der Waals surface area contributed by atoms with Crippen molar-refractivity contribution in [1.29, 1.82) is 0 Å². The summed E-state index contributed by atoms with van der Waals surface area (Å²) in [6, 6.07) is 0.380. The van der Waals surface area contributed by atoms with Crippen molar-refractivity contribution in [2.75, 3.05) is 13.1 Å². The van der Waals surface area contributed by atoms with Crippen molar-refractivity contribution in [3.05, 3.63) is 0 Å². The van der Waals surface area contributed by atoms with Crippen molar-refractivity contribution in [2.24, 2.45) is 17.8 Å². The Bertz CT molecular complexity index is 274. The number of hydrogen-bond donors (Lipinski definition) is 2. The SMILES string of the molecule is CCN[C@H](C)CNC(=O)C1CC1C1CCCCC1. The van der Waals surface area contributed by atoms with Crippen molar-refractivity contribution in [2.45, 2.75) is 58.4 Å². The van der Waals surface area contributed by atoms with Gasteiger partial charge in [-0.05, 0) is 31.7 Å². The molecule has 2 rings (SSSR count). The van der Waals surface area contributed by atoms with Gasteiger partial charge in [0.15, 0.2) is 0 Å². The van der Waals surface area contributed by atoms with Crippen LogP contribution in [0.3, 0.4) is 0 Å². The predicted octanol–water partition coefficient (Wildman–Crippen LogP) is 2.32. The Kier molecular flexibility index (Phi) is 5.04. The Morgan fingerprint density at radius 2 is 2.00 bits per heavy atom. The highest BCUT2D eigenvalue weighted by Crippen LogP contribution is 2.49. The Hall–Kier alpha value is -0.570. The van der Waals surface area contributed by atoms with Gasteiger partial charge in [-0.15, -0.1) is 0 Å². The summed E-state index contributed by atoms with van der Waals surface area (Å²) < 4.78 is 0. The zero-order valence-corrected chi connectivity index (χ0v) is 11.9. The Labute approximate surface area is 111 Å². The summed E-state index contributed by atoms with van der Waals surface area (Å²) in [6.07, 6.45) is 8.04. The molecule has 2 aliphatic carbocycles. The van der Waals surface area contributed by atoms with Gasteiger partial charge in [-0.1, -0.05) is 39.0 Å². The Balaban J connectivity index is 1.65. The van der Waals surface area contributed by atoms with Crippen LogP contribution in [0.15, 0.2) is 0 Å². The third kappa shape index (κ3) is 3.71. The van der Waals surface area contributed by atoms with Gasteiger partial charge in [-0.3, -0.25) is 4.79 Å². The van der Waals surface area contributed by atoms with Crippen molar-refractivity contribution >= 4 is 5.91 Å². The fraction of sp³-hybridized carbons (Fsp3) is 0.933. The van der Waals surface area contributed by atoms with Crippen LogP contribution in [0.5, 0.6) is 0 Å². The van der Waals surface area contributed by atoms with E-state index in [4.69, 9.17) is 0 Å². The zero-order valence-electron chi connectivity index (χ0n) is 11.9. The number of likely N-dealkylation sites (N-methyl/N-ethyl adjacent to an activating group) is 1. The van der Waals surface area contributed by atoms with Crippen molar-refractivity contribution < 1.29 is 4.79 Å². The lowest BCUT2D eigenvalue weighted by molar-refractivity contribution is -0.122. The summed E-state index contributed by atoms with van der Waals surface area (Å²) in [5.74, 6) is 2.19. The normalized spacial score (nSPS) is 29.9. The molecule has 0 saturated heterocycles. The van der Waals surface area contributed by atoms with E-state index in [0.717, 1.165) is 25.4 Å². The lowest BCUT2D eigenvalue weighted by Gasteiger charge is -2.21. The average Bonchev–Trinajstić information content (AvgIpc) is 3.18. The number of hydrogen-bond acceptors (Lipinski definition) is 2. The highest BCUT2D eigenvalue weighted by molar-refractivity contribution is 5.81. The predicted molar refractivity (Wildman–Crippen MR) is 74.3 cm³/mol. The molecule has 0 aromatic heterocycles. The van der Waals surface area contributed by atoms with Crippen LogP contribution in [0.25, 0.3) is 0 Å². The van der Waals surface area contributed by atoms with Crippen LogP contribution in [0.4, 0.5) is 0 Å². The fourth-order valence-corrected chi connectivity index (χ4v) is 3.40. The molecule has 0 spiro atoms. The molecule has 0 bridgehead atoms. The van der Waals surface area contributed by atoms with E-state index in [1.54, 1.807) is 0 Å². The van der Waals surface area contributed by atoms with Gasteiger partial charge in [-0.25, -0.2) is 0 Å². The summed E-state index contributed by atoms with van der Waals surface area (Å²) in [5, 5.41) is 6.42. The highest BCUT2D eigenvalue weighted by atomic mass is 16.2. The van der Waals surface area contributed by atoms with Crippen LogP contribution >= 0.6 is 0 Å². The fourth-order valence-electron chi connectivity index (χ4n) is 3.40. The molecule has 0 heterocycles. The van der Waals surface area contributed by atoms with Crippen LogP contribution in [-0.4, -0.2) is 25.0 Å². The van der Waals surface area contributed by atoms with E-state index < -0.39 is 0 Å². The molecule has 1 amide bonds. The number of carbonyl (C=O) groups is 1. The topological polar surface area (TPSA) is 41.1 Å². The maximum Gasteiger partial charge on any atom is 0.223 e. The first-order chi connectivity index (χ1) is 8.72. The van der Waals surface area contributed by atoms with Crippen molar-refractivity contribution in [3.8, 4) is 0 Å². The molecule has 0 aliphatic heterocycles. The molecule has 2 unspecified atom stereocenters. The summed E-state index contributed by atoms with van der Waals surface area (Å²) in [5.41, 5.74) is 0. The second kappa shape index (κ2) is 6.55. The van der Waals surface area contributed by atoms with Gasteiger partial charge < -0.3 is 10.6 Å². The minimum atomic E-state index is 0.301. The quantitative estimate of drug-likeness (QED) is 0.761. The molecule has 3 atom stereocenters. The molecule has 2 saturated carbocycles. The molecule has 104 valence electrons. The molecular formula is C15H28N2O. The maximum absolute atomic E-state index is 12.0. The third-order valence-corrected chi connectivity index (χ3v) is 4.57. The first kappa shape index (κ1) is 13.9. The van der Waals surface area contributed by atoms with E-state index in [0.29, 0.717) is 23.8 Å². The molecule has 0 radical (unpaired) electrons. The monoisotopic (exact) mass is 252 g/mol. The smallest absolute Gasteiger partial charge is 0.223 e. The minimum absolute atomic E-state index is 0.301. The van der Waals surface area contributed by atoms with Gasteiger partial charge >= 0.3 is 0 Å². The number of amides is 1. The zero-order chi connectivity index (χ0) is 13.0. The van der Waals surface area contributed by atoms with Gasteiger partial charge in [0.25, 0.3) is 0 Å². The standard InChI is InChI=1S/C15H28N2O/c1-3-16-11(2)10-17-15(18)14-9-13(14)12-7-5-4-6-8-12/h11-14,16H,3-10H2,1-2H3,(H,17,18)/t11-,13?,14?/m1/s1. The second-order valence-electron chi connectivity index (χ2n) is 6.11. The molecule has 18 heavy (non-hydrogen) atoms. The molecule has 2 fully saturated rings. The van der Waals surface area contributed by atoms with Gasteiger partial charge in [0.1, 0.15) is 0 Å². The lowest BCUT2D eigenvalue weighted by atomic mass is 9.85. The summed E-state index contributed by atoms with van der Waals surface area (Å²) in [6.45, 7) is 5.94. The lowest BCUT2D eigenvalue weighted by Crippen LogP contribution is -2.39. The van der Waals surface area contributed by atoms with Gasteiger partial charge in [0.2, 0.25) is 5.91 Å². The van der Waals surface area contributed by atoms with E-state index in [9.17, 15) is 4.79 Å². The van der Waals surface area contributed by atoms with Crippen LogP contribution in [-0.2, 0) is 4.79 Å². The van der Waals surface area contributed by atoms with Crippen molar-refractivity contribution in [3.63, 3.8) is 0 Å². The maximum atomic E-state index is 12.0. The van der Waals surface area contributed by atoms with E-state index in [2.05, 4.69) is 24.5 Å². The summed E-state index contributed by atoms with van der Waals surface area (Å²) >= 11 is 0. The molecule has 3 nitrogen and oxygen atoms in total. The van der Waals surface area contributed by atoms with E-state index >= 15 is 0 Å². The number of rotatable bonds is 6. The molecule has 0 aromatic rings. The molecule has 0 aromatic carbocycles. The summed E-state index contributed by atoms with van der Waals surface area (Å²) in [4.78, 5) is 12.0. The van der Waals surface area contributed by atoms with Crippen LogP contribution in [0, 0.1) is 17.8 Å². The van der Waals surface area contributed by atoms with Crippen LogP contribution < -0.4 is 10.6 Å². The largest absolute Gasteiger partial charge is 0.354 e. The second-order valence-corrected chi connectivity index (χ2v) is 6.11. The van der Waals surface area contributed by atoms with Gasteiger partial charge in [0, 0.05) is 18.5 Å². The number of carbonyl (C=O) groups excluding carboxylic acids is 1. The first-order valence-corrected chi connectivity index (χ1v) is 7.73. The molecular weight excluding hydrogens is 224 g/mol. The Morgan fingerprint density at radius 3 is 2.67 bits per heavy atom. The van der Waals surface area contributed by atoms with E-state index in [1.165, 1.54) is 32.1 Å². The van der Waals surface area contributed by atoms with Crippen LogP contribution in [0.1, 0.15) is 52.4 Å². The summed E-state index contributed by atoms with van der Waals surface area (Å²) in [7, 11) is 0. The van der Waals surface area contributed by atoms with Crippen molar-refractivity contribution in [1.82, 2.24) is 10.6 Å². The molecule has 3 heteroatoms. The minimum Gasteiger partial charge on any atom is -0.354 e. The Morgan fingerprint density at radius 1 is 1.28 bits per heavy atom. The average molecular weight is 252 g/mol. The molecule has 2 aliphatic rings.